The van der Waals surface area contributed by atoms with Crippen molar-refractivity contribution in [3.05, 3.63) is 24.0 Å². The van der Waals surface area contributed by atoms with Crippen molar-refractivity contribution in [2.24, 2.45) is 0 Å². The van der Waals surface area contributed by atoms with Crippen LogP contribution in [0.2, 0.25) is 0 Å². The van der Waals surface area contributed by atoms with E-state index in [1.807, 2.05) is 0 Å². The molecule has 0 spiro atoms. The second-order valence-corrected chi connectivity index (χ2v) is 2.52. The van der Waals surface area contributed by atoms with E-state index in [0.717, 1.165) is 0 Å². The molecule has 0 unspecified atom stereocenters. The van der Waals surface area contributed by atoms with E-state index in [-0.39, 0.29) is 12.4 Å². The van der Waals surface area contributed by atoms with Crippen LogP contribution in [-0.2, 0) is 0 Å². The fraction of sp³-hybridized carbons (Fsp3) is 0.143. The molecule has 0 heterocycles. The van der Waals surface area contributed by atoms with Crippen molar-refractivity contribution in [2.75, 3.05) is 12.0 Å². The molecule has 2 nitrogen and oxygen atoms in total. The number of nitrogens with one attached hydrogen (secondary N) is 1. The van der Waals surface area contributed by atoms with Gasteiger partial charge >= 0.3 is 0 Å². The number of halogens is 1. The van der Waals surface area contributed by atoms with Crippen molar-refractivity contribution in [3.63, 3.8) is 0 Å². The molecule has 1 aromatic carbocycles. The van der Waals surface area contributed by atoms with Gasteiger partial charge in [0.05, 0.1) is 5.69 Å². The van der Waals surface area contributed by atoms with E-state index in [2.05, 4.69) is 17.9 Å². The number of aliphatic hydroxyl groups excluding tert-OH is 1. The molecule has 0 amide bonds. The molecule has 1 rings (SSSR count). The summed E-state index contributed by atoms with van der Waals surface area (Å²) >= 11 is 3.94. The number of benzene rings is 1. The summed E-state index contributed by atoms with van der Waals surface area (Å²) in [4.78, 5) is 0.561. The van der Waals surface area contributed by atoms with Crippen LogP contribution in [0.15, 0.2) is 23.1 Å². The number of hydrogen-bond donors (Lipinski definition) is 3. The summed E-state index contributed by atoms with van der Waals surface area (Å²) in [5.74, 6) is -0.411. The number of rotatable bonds is 2. The lowest BCUT2D eigenvalue weighted by molar-refractivity contribution is 0.325. The van der Waals surface area contributed by atoms with E-state index >= 15 is 0 Å². The van der Waals surface area contributed by atoms with E-state index in [4.69, 9.17) is 5.11 Å². The zero-order valence-corrected chi connectivity index (χ0v) is 6.61. The Morgan fingerprint density at radius 3 is 2.82 bits per heavy atom. The highest BCUT2D eigenvalue weighted by Crippen LogP contribution is 2.16. The van der Waals surface area contributed by atoms with Crippen LogP contribution < -0.4 is 5.32 Å². The maximum Gasteiger partial charge on any atom is 0.147 e. The molecule has 0 aliphatic heterocycles. The summed E-state index contributed by atoms with van der Waals surface area (Å²) in [5, 5.41) is 10.9. The lowest BCUT2D eigenvalue weighted by Gasteiger charge is -2.03. The van der Waals surface area contributed by atoms with Crippen LogP contribution in [0, 0.1) is 5.82 Å². The quantitative estimate of drug-likeness (QED) is 0.467. The van der Waals surface area contributed by atoms with Crippen molar-refractivity contribution in [1.29, 1.82) is 0 Å². The van der Waals surface area contributed by atoms with Gasteiger partial charge in [0.1, 0.15) is 12.5 Å². The van der Waals surface area contributed by atoms with Gasteiger partial charge in [-0.25, -0.2) is 4.39 Å². The summed E-state index contributed by atoms with van der Waals surface area (Å²) in [7, 11) is 0. The fourth-order valence-corrected chi connectivity index (χ4v) is 0.920. The van der Waals surface area contributed by atoms with Crippen LogP contribution in [0.5, 0.6) is 0 Å². The van der Waals surface area contributed by atoms with Crippen LogP contribution >= 0.6 is 12.6 Å². The van der Waals surface area contributed by atoms with Crippen molar-refractivity contribution < 1.29 is 9.50 Å². The van der Waals surface area contributed by atoms with Gasteiger partial charge in [0.2, 0.25) is 0 Å². The smallest absolute Gasteiger partial charge is 0.147 e. The predicted octanol–water partition coefficient (Wildman–Crippen LogP) is 1.48. The average Bonchev–Trinajstić information content (AvgIpc) is 1.95. The Hall–Kier alpha value is -0.740. The first-order chi connectivity index (χ1) is 5.24. The molecule has 60 valence electrons. The Labute approximate surface area is 69.5 Å². The monoisotopic (exact) mass is 173 g/mol. The topological polar surface area (TPSA) is 32.3 Å². The normalized spacial score (nSPS) is 9.73. The van der Waals surface area contributed by atoms with E-state index in [9.17, 15) is 4.39 Å². The van der Waals surface area contributed by atoms with Gasteiger partial charge in [-0.1, -0.05) is 0 Å². The minimum absolute atomic E-state index is 0.275. The zero-order valence-electron chi connectivity index (χ0n) is 5.71. The highest BCUT2D eigenvalue weighted by atomic mass is 32.1. The minimum Gasteiger partial charge on any atom is -0.377 e. The number of aliphatic hydroxyl groups is 1. The average molecular weight is 173 g/mol. The Balaban J connectivity index is 2.90. The fourth-order valence-electron chi connectivity index (χ4n) is 0.733. The molecule has 0 fully saturated rings. The van der Waals surface area contributed by atoms with E-state index in [1.165, 1.54) is 12.1 Å². The summed E-state index contributed by atoms with van der Waals surface area (Å²) in [6.45, 7) is -0.275. The molecule has 4 heteroatoms. The van der Waals surface area contributed by atoms with Crippen molar-refractivity contribution in [2.45, 2.75) is 4.90 Å². The van der Waals surface area contributed by atoms with Crippen LogP contribution in [0.3, 0.4) is 0 Å². The number of hydrogen-bond acceptors (Lipinski definition) is 3. The van der Waals surface area contributed by atoms with Gasteiger partial charge in [-0.15, -0.1) is 12.6 Å². The van der Waals surface area contributed by atoms with E-state index < -0.39 is 5.82 Å². The zero-order chi connectivity index (χ0) is 8.27. The first kappa shape index (κ1) is 8.36. The van der Waals surface area contributed by atoms with Crippen LogP contribution in [0.25, 0.3) is 0 Å². The summed E-state index contributed by atoms with van der Waals surface area (Å²) < 4.78 is 12.8. The van der Waals surface area contributed by atoms with Gasteiger partial charge in [0.25, 0.3) is 0 Å². The second-order valence-electron chi connectivity index (χ2n) is 2.00. The maximum atomic E-state index is 12.8. The standard InChI is InChI=1S/C7H8FNOS/c8-6-3-5(11)1-2-7(6)9-4-10/h1-3,9-11H,4H2. The van der Waals surface area contributed by atoms with Crippen molar-refractivity contribution in [3.8, 4) is 0 Å². The highest BCUT2D eigenvalue weighted by Gasteiger charge is 1.99. The summed E-state index contributed by atoms with van der Waals surface area (Å²) in [6, 6.07) is 4.44. The predicted molar refractivity (Wildman–Crippen MR) is 44.4 cm³/mol. The van der Waals surface area contributed by atoms with E-state index in [1.54, 1.807) is 6.07 Å². The molecule has 0 atom stereocenters. The van der Waals surface area contributed by atoms with E-state index in [0.29, 0.717) is 4.90 Å². The first-order valence-electron chi connectivity index (χ1n) is 3.07. The van der Waals surface area contributed by atoms with Crippen LogP contribution in [0.4, 0.5) is 10.1 Å². The Morgan fingerprint density at radius 1 is 1.55 bits per heavy atom. The van der Waals surface area contributed by atoms with Gasteiger partial charge in [0.15, 0.2) is 0 Å². The van der Waals surface area contributed by atoms with Gasteiger partial charge in [0, 0.05) is 4.90 Å². The lowest BCUT2D eigenvalue weighted by Crippen LogP contribution is -2.01. The third-order valence-corrected chi connectivity index (χ3v) is 1.50. The molecular weight excluding hydrogens is 165 g/mol. The second kappa shape index (κ2) is 3.59. The van der Waals surface area contributed by atoms with Crippen molar-refractivity contribution >= 4 is 18.3 Å². The molecule has 0 bridgehead atoms. The largest absolute Gasteiger partial charge is 0.377 e. The number of anilines is 1. The molecule has 0 aliphatic rings. The molecule has 0 aromatic heterocycles. The molecule has 0 saturated heterocycles. The minimum atomic E-state index is -0.411. The molecule has 2 N–H and O–H groups in total. The Kier molecular flexibility index (Phi) is 2.73. The summed E-state index contributed by atoms with van der Waals surface area (Å²) in [6.07, 6.45) is 0. The maximum absolute atomic E-state index is 12.8. The van der Waals surface area contributed by atoms with Crippen molar-refractivity contribution in [1.82, 2.24) is 0 Å². The van der Waals surface area contributed by atoms with Gasteiger partial charge in [-0.3, -0.25) is 0 Å². The molecule has 0 aliphatic carbocycles. The molecular formula is C7H8FNOS. The van der Waals surface area contributed by atoms with Crippen LogP contribution in [0.1, 0.15) is 0 Å². The van der Waals surface area contributed by atoms with Gasteiger partial charge in [-0.05, 0) is 18.2 Å². The third kappa shape index (κ3) is 2.10. The Bertz CT molecular complexity index is 254. The number of thiol groups is 1. The SMILES string of the molecule is OCNc1ccc(S)cc1F. The highest BCUT2D eigenvalue weighted by molar-refractivity contribution is 7.80. The van der Waals surface area contributed by atoms with Crippen LogP contribution in [-0.4, -0.2) is 11.8 Å². The van der Waals surface area contributed by atoms with Gasteiger partial charge in [-0.2, -0.15) is 0 Å². The summed E-state index contributed by atoms with van der Waals surface area (Å²) in [5.41, 5.74) is 0.283. The first-order valence-corrected chi connectivity index (χ1v) is 3.52. The molecule has 0 radical (unpaired) electrons. The lowest BCUT2D eigenvalue weighted by atomic mass is 10.3. The molecule has 0 saturated carbocycles. The van der Waals surface area contributed by atoms with Gasteiger partial charge < -0.3 is 10.4 Å². The molecule has 1 aromatic rings. The molecule has 11 heavy (non-hydrogen) atoms. The Morgan fingerprint density at radius 2 is 2.27 bits per heavy atom. The third-order valence-electron chi connectivity index (χ3n) is 1.22.